The molecule has 4 saturated carbocycles. The van der Waals surface area contributed by atoms with E-state index in [0.29, 0.717) is 37.7 Å². The third-order valence-corrected chi connectivity index (χ3v) is 21.1. The molecule has 24 nitrogen and oxygen atoms in total. The number of hydrogen-bond donors (Lipinski definition) is 13. The van der Waals surface area contributed by atoms with Gasteiger partial charge in [0.05, 0.1) is 44.1 Å². The van der Waals surface area contributed by atoms with Crippen LogP contribution in [-0.2, 0) is 52.3 Å². The number of carbonyl (C=O) groups excluding carboxylic acids is 2. The first-order valence-corrected chi connectivity index (χ1v) is 27.7. The summed E-state index contributed by atoms with van der Waals surface area (Å²) in [5.41, 5.74) is -3.78. The molecule has 0 radical (unpaired) electrons. The number of allylic oxidation sites excluding steroid dienone is 3. The number of carbonyl (C=O) groups is 3. The molecular weight excluding hydrogens is 1040 g/mol. The van der Waals surface area contributed by atoms with Crippen LogP contribution >= 0.6 is 0 Å². The van der Waals surface area contributed by atoms with Gasteiger partial charge >= 0.3 is 17.9 Å². The molecule has 13 N–H and O–H groups in total. The Balaban J connectivity index is 1.12. The average Bonchev–Trinajstić information content (AvgIpc) is 3.25. The standard InChI is InChI=1S/C55H86O24/c1-10-23(2)46(71)79-43-44(72-24(3)60)55(22-59)26(17-50(43,4)5)25-11-12-30-51(6)15-14-32(52(7,21-58)29(51)13-16-53(30,8)54(25,9)18-31(55)61)75-49-41(77-48-38(67)36(65)34(63)28(20-57)74-48)39(68)40(42(78-49)45(69)70)76-47-37(66)35(64)33(62)27(19-56)73-47/h10-11,26-44,47-49,56-59,61-68H,12-22H2,1-9H3,(H,69,70)/b23-10-/t26?,27-,28+,29?,30?,31-,32-,33-,34+,35+,36-,37-,38+,39-,40-,41+,42-,43-,44-,47+,48-,49+,51-,52+,53+,54+,55-/m0/s1. The zero-order valence-electron chi connectivity index (χ0n) is 46.4. The zero-order valence-corrected chi connectivity index (χ0v) is 46.4. The summed E-state index contributed by atoms with van der Waals surface area (Å²) in [6, 6.07) is 0. The van der Waals surface area contributed by atoms with E-state index in [-0.39, 0.29) is 24.7 Å². The largest absolute Gasteiger partial charge is 0.479 e. The molecule has 450 valence electrons. The van der Waals surface area contributed by atoms with Crippen molar-refractivity contribution in [3.8, 4) is 0 Å². The van der Waals surface area contributed by atoms with Crippen LogP contribution < -0.4 is 0 Å². The number of carboxylic acids is 1. The topological polar surface area (TPSA) is 388 Å². The van der Waals surface area contributed by atoms with Crippen molar-refractivity contribution in [3.05, 3.63) is 23.3 Å². The molecule has 27 atom stereocenters. The number of aliphatic hydroxyl groups excluding tert-OH is 12. The van der Waals surface area contributed by atoms with Gasteiger partial charge in [-0.05, 0) is 92.8 Å². The van der Waals surface area contributed by atoms with E-state index in [1.54, 1.807) is 19.9 Å². The van der Waals surface area contributed by atoms with Crippen LogP contribution in [0.15, 0.2) is 23.3 Å². The van der Waals surface area contributed by atoms with E-state index < -0.39 is 199 Å². The lowest BCUT2D eigenvalue weighted by atomic mass is 9.33. The summed E-state index contributed by atoms with van der Waals surface area (Å²) in [6.45, 7) is 14.1. The van der Waals surface area contributed by atoms with E-state index in [4.69, 9.17) is 37.9 Å². The van der Waals surface area contributed by atoms with Crippen molar-refractivity contribution in [2.45, 2.75) is 224 Å². The molecule has 0 bridgehead atoms. The summed E-state index contributed by atoms with van der Waals surface area (Å²) in [6.07, 6.45) is -26.5. The van der Waals surface area contributed by atoms with E-state index >= 15 is 0 Å². The summed E-state index contributed by atoms with van der Waals surface area (Å²) in [5.74, 6) is -3.88. The molecule has 3 saturated heterocycles. The Labute approximate surface area is 459 Å². The van der Waals surface area contributed by atoms with Gasteiger partial charge in [0, 0.05) is 23.3 Å². The van der Waals surface area contributed by atoms with Crippen molar-refractivity contribution in [1.29, 1.82) is 0 Å². The highest BCUT2D eigenvalue weighted by atomic mass is 16.8. The minimum atomic E-state index is -2.18. The number of aliphatic carboxylic acids is 1. The number of rotatable bonds is 14. The molecule has 0 amide bonds. The molecule has 3 unspecified atom stereocenters. The smallest absolute Gasteiger partial charge is 0.335 e. The van der Waals surface area contributed by atoms with Crippen LogP contribution in [0.5, 0.6) is 0 Å². The summed E-state index contributed by atoms with van der Waals surface area (Å²) in [5, 5.41) is 143. The highest BCUT2D eigenvalue weighted by Crippen LogP contribution is 2.76. The third-order valence-electron chi connectivity index (χ3n) is 21.1. The van der Waals surface area contributed by atoms with E-state index in [9.17, 15) is 80.8 Å². The molecule has 5 aliphatic carbocycles. The van der Waals surface area contributed by atoms with Crippen LogP contribution in [0.25, 0.3) is 0 Å². The average molecular weight is 1130 g/mol. The predicted octanol–water partition coefficient (Wildman–Crippen LogP) is -1.32. The minimum absolute atomic E-state index is 0.0849. The fraction of sp³-hybridized carbons (Fsp3) is 0.873. The Hall–Kier alpha value is -2.83. The van der Waals surface area contributed by atoms with Gasteiger partial charge in [-0.25, -0.2) is 9.59 Å². The van der Waals surface area contributed by atoms with E-state index in [2.05, 4.69) is 26.8 Å². The zero-order chi connectivity index (χ0) is 58.4. The van der Waals surface area contributed by atoms with Crippen LogP contribution in [0.1, 0.15) is 107 Å². The van der Waals surface area contributed by atoms with Crippen molar-refractivity contribution in [2.75, 3.05) is 26.4 Å². The van der Waals surface area contributed by atoms with Crippen molar-refractivity contribution in [3.63, 3.8) is 0 Å². The molecule has 3 heterocycles. The van der Waals surface area contributed by atoms with Gasteiger partial charge in [-0.1, -0.05) is 59.3 Å². The first-order chi connectivity index (χ1) is 36.9. The highest BCUT2D eigenvalue weighted by molar-refractivity contribution is 5.87. The van der Waals surface area contributed by atoms with Gasteiger partial charge < -0.3 is 104 Å². The second kappa shape index (κ2) is 22.6. The maximum Gasteiger partial charge on any atom is 0.335 e. The fourth-order valence-electron chi connectivity index (χ4n) is 16.2. The number of ether oxygens (including phenoxy) is 8. The van der Waals surface area contributed by atoms with Gasteiger partial charge in [0.25, 0.3) is 0 Å². The summed E-state index contributed by atoms with van der Waals surface area (Å²) >= 11 is 0. The highest BCUT2D eigenvalue weighted by Gasteiger charge is 2.74. The summed E-state index contributed by atoms with van der Waals surface area (Å²) in [7, 11) is 0. The SMILES string of the molecule is C/C=C(/C)C(=O)O[C@H]1[C@H](OC(C)=O)[C@@]2(CO)C(CC1(C)C)C1=CCC3[C@@]4(C)CC[C@H](O[C@@H]5O[C@H](C(=O)O)[C@@H](O[C@H]6O[C@@H](CO)[C@H](O)[C@@H](O)[C@@H]6O)[C@H](O)[C@H]5O[C@@H]5O[C@H](CO)[C@@H](O)[C@H](O)[C@H]5O)[C@](C)(CO)C4CC[C@@]3(C)[C@]1(C)C[C@@H]2O. The van der Waals surface area contributed by atoms with E-state index in [1.807, 2.05) is 20.8 Å². The quantitative estimate of drug-likeness (QED) is 0.0415. The second-order valence-corrected chi connectivity index (χ2v) is 25.5. The molecule has 24 heteroatoms. The molecule has 3 aliphatic heterocycles. The van der Waals surface area contributed by atoms with Crippen LogP contribution in [0.4, 0.5) is 0 Å². The molecular formula is C55H86O24. The second-order valence-electron chi connectivity index (χ2n) is 25.5. The Bertz CT molecular complexity index is 2290. The van der Waals surface area contributed by atoms with Crippen LogP contribution in [0, 0.1) is 50.2 Å². The number of carboxylic acid groups (broad SMARTS) is 1. The number of esters is 2. The molecule has 0 aromatic carbocycles. The summed E-state index contributed by atoms with van der Waals surface area (Å²) in [4.78, 5) is 39.5. The Kier molecular flexibility index (Phi) is 17.8. The Morgan fingerprint density at radius 2 is 1.24 bits per heavy atom. The fourth-order valence-corrected chi connectivity index (χ4v) is 16.2. The molecule has 79 heavy (non-hydrogen) atoms. The monoisotopic (exact) mass is 1130 g/mol. The molecule has 7 fully saturated rings. The Morgan fingerprint density at radius 1 is 0.658 bits per heavy atom. The van der Waals surface area contributed by atoms with Gasteiger partial charge in [-0.15, -0.1) is 0 Å². The molecule has 0 spiro atoms. The lowest BCUT2D eigenvalue weighted by molar-refractivity contribution is -0.392. The van der Waals surface area contributed by atoms with Crippen molar-refractivity contribution in [1.82, 2.24) is 0 Å². The van der Waals surface area contributed by atoms with Gasteiger partial charge in [-0.2, -0.15) is 0 Å². The van der Waals surface area contributed by atoms with E-state index in [1.165, 1.54) is 6.92 Å². The lowest BCUT2D eigenvalue weighted by Gasteiger charge is -2.72. The van der Waals surface area contributed by atoms with Crippen molar-refractivity contribution >= 4 is 17.9 Å². The number of aliphatic hydroxyl groups is 12. The maximum absolute atomic E-state index is 13.4. The van der Waals surface area contributed by atoms with Gasteiger partial charge in [-0.3, -0.25) is 4.79 Å². The first kappa shape index (κ1) is 62.2. The van der Waals surface area contributed by atoms with Crippen LogP contribution in [0.3, 0.4) is 0 Å². The predicted molar refractivity (Wildman–Crippen MR) is 269 cm³/mol. The van der Waals surface area contributed by atoms with E-state index in [0.717, 1.165) is 5.57 Å². The van der Waals surface area contributed by atoms with Crippen molar-refractivity contribution < 1.29 is 119 Å². The van der Waals surface area contributed by atoms with Crippen LogP contribution in [-0.4, -0.2) is 227 Å². The summed E-state index contributed by atoms with van der Waals surface area (Å²) < 4.78 is 48.2. The third kappa shape index (κ3) is 9.94. The molecule has 8 rings (SSSR count). The number of hydrogen-bond acceptors (Lipinski definition) is 23. The van der Waals surface area contributed by atoms with Gasteiger partial charge in [0.2, 0.25) is 0 Å². The molecule has 0 aromatic rings. The van der Waals surface area contributed by atoms with Gasteiger partial charge in [0.1, 0.15) is 79.4 Å². The molecule has 8 aliphatic rings. The first-order valence-electron chi connectivity index (χ1n) is 27.7. The maximum atomic E-state index is 13.4. The Morgan fingerprint density at radius 3 is 1.76 bits per heavy atom. The number of fused-ring (bicyclic) bond motifs is 7. The normalized spacial score (nSPS) is 50.6. The van der Waals surface area contributed by atoms with Gasteiger partial charge in [0.15, 0.2) is 25.0 Å². The lowest BCUT2D eigenvalue weighted by Crippen LogP contribution is -2.72. The molecule has 0 aromatic heterocycles. The van der Waals surface area contributed by atoms with Crippen LogP contribution in [0.2, 0.25) is 0 Å². The van der Waals surface area contributed by atoms with Crippen molar-refractivity contribution in [2.24, 2.45) is 50.2 Å². The minimum Gasteiger partial charge on any atom is -0.479 e.